The Bertz CT molecular complexity index is 283. The first-order valence-electron chi connectivity index (χ1n) is 8.38. The summed E-state index contributed by atoms with van der Waals surface area (Å²) in [6, 6.07) is 0. The van der Waals surface area contributed by atoms with E-state index >= 15 is 0 Å². The summed E-state index contributed by atoms with van der Waals surface area (Å²) >= 11 is 0. The molecule has 3 N–H and O–H groups in total. The van der Waals surface area contributed by atoms with Crippen LogP contribution in [0.3, 0.4) is 0 Å². The molecule has 0 spiro atoms. The van der Waals surface area contributed by atoms with Gasteiger partial charge in [0.1, 0.15) is 11.9 Å². The topological polar surface area (TPSA) is 104 Å². The molecule has 0 aromatic carbocycles. The molecule has 1 aliphatic rings. The SMILES string of the molecule is CCC(=O)C1CCCCC1.CCC(OC)C(O)C(C)O.O=CO. The molecule has 0 aromatic heterocycles. The van der Waals surface area contributed by atoms with Crippen LogP contribution in [0.2, 0.25) is 0 Å². The van der Waals surface area contributed by atoms with Crippen molar-refractivity contribution in [3.63, 3.8) is 0 Å². The van der Waals surface area contributed by atoms with Gasteiger partial charge in [0.05, 0.1) is 12.2 Å². The monoisotopic (exact) mass is 334 g/mol. The minimum absolute atomic E-state index is 0.250. The zero-order valence-electron chi connectivity index (χ0n) is 14.9. The summed E-state index contributed by atoms with van der Waals surface area (Å²) in [7, 11) is 1.53. The Morgan fingerprint density at radius 1 is 1.22 bits per heavy atom. The van der Waals surface area contributed by atoms with Crippen LogP contribution in [0.5, 0.6) is 0 Å². The van der Waals surface area contributed by atoms with Crippen LogP contribution in [0.15, 0.2) is 0 Å². The molecule has 0 amide bonds. The summed E-state index contributed by atoms with van der Waals surface area (Å²) in [5.74, 6) is 0.915. The first-order chi connectivity index (χ1) is 10.9. The van der Waals surface area contributed by atoms with Crippen molar-refractivity contribution in [3.05, 3.63) is 0 Å². The number of aliphatic hydroxyl groups excluding tert-OH is 2. The van der Waals surface area contributed by atoms with Gasteiger partial charge in [-0.15, -0.1) is 0 Å². The molecule has 1 aliphatic carbocycles. The fourth-order valence-electron chi connectivity index (χ4n) is 2.57. The molecule has 23 heavy (non-hydrogen) atoms. The molecule has 0 aromatic rings. The number of Topliss-reactive ketones (excluding diaryl/α,β-unsaturated/α-hetero) is 1. The first-order valence-corrected chi connectivity index (χ1v) is 8.38. The molecule has 0 bridgehead atoms. The first kappa shape index (κ1) is 24.3. The van der Waals surface area contributed by atoms with Crippen molar-refractivity contribution in [2.45, 2.75) is 84.0 Å². The van der Waals surface area contributed by atoms with E-state index in [2.05, 4.69) is 0 Å². The van der Waals surface area contributed by atoms with Gasteiger partial charge in [0, 0.05) is 19.4 Å². The Labute approximate surface area is 139 Å². The summed E-state index contributed by atoms with van der Waals surface area (Å²) < 4.78 is 4.91. The van der Waals surface area contributed by atoms with Crippen LogP contribution in [0.25, 0.3) is 0 Å². The number of hydrogen-bond donors (Lipinski definition) is 3. The lowest BCUT2D eigenvalue weighted by molar-refractivity contribution is -0.124. The Morgan fingerprint density at radius 2 is 1.70 bits per heavy atom. The second-order valence-corrected chi connectivity index (χ2v) is 5.67. The van der Waals surface area contributed by atoms with Crippen molar-refractivity contribution >= 4 is 12.3 Å². The van der Waals surface area contributed by atoms with Crippen molar-refractivity contribution in [1.82, 2.24) is 0 Å². The number of carbonyl (C=O) groups excluding carboxylic acids is 1. The van der Waals surface area contributed by atoms with E-state index in [1.807, 2.05) is 13.8 Å². The predicted octanol–water partition coefficient (Wildman–Crippen LogP) is 2.40. The third-order valence-electron chi connectivity index (χ3n) is 3.99. The van der Waals surface area contributed by atoms with E-state index in [1.165, 1.54) is 26.4 Å². The van der Waals surface area contributed by atoms with Gasteiger partial charge in [0.15, 0.2) is 0 Å². The van der Waals surface area contributed by atoms with Gasteiger partial charge in [0.25, 0.3) is 6.47 Å². The van der Waals surface area contributed by atoms with Crippen molar-refractivity contribution in [3.8, 4) is 0 Å². The number of ketones is 1. The molecule has 138 valence electrons. The summed E-state index contributed by atoms with van der Waals surface area (Å²) in [5, 5.41) is 25.0. The highest BCUT2D eigenvalue weighted by Gasteiger charge is 2.21. The summed E-state index contributed by atoms with van der Waals surface area (Å²) in [5.41, 5.74) is 0. The average Bonchev–Trinajstić information content (AvgIpc) is 2.57. The molecule has 3 unspecified atom stereocenters. The molecule has 1 fully saturated rings. The van der Waals surface area contributed by atoms with Crippen molar-refractivity contribution in [2.75, 3.05) is 7.11 Å². The molecule has 1 saturated carbocycles. The Hall–Kier alpha value is -0.980. The van der Waals surface area contributed by atoms with E-state index in [9.17, 15) is 9.90 Å². The quantitative estimate of drug-likeness (QED) is 0.644. The van der Waals surface area contributed by atoms with Crippen LogP contribution in [-0.2, 0) is 14.3 Å². The lowest BCUT2D eigenvalue weighted by atomic mass is 9.85. The minimum Gasteiger partial charge on any atom is -0.483 e. The van der Waals surface area contributed by atoms with Crippen LogP contribution < -0.4 is 0 Å². The molecular formula is C17H34O6. The van der Waals surface area contributed by atoms with Crippen LogP contribution >= 0.6 is 0 Å². The maximum atomic E-state index is 11.2. The number of aliphatic hydroxyl groups is 2. The van der Waals surface area contributed by atoms with E-state index in [0.717, 1.165) is 19.3 Å². The van der Waals surface area contributed by atoms with Crippen LogP contribution in [-0.4, -0.2) is 53.0 Å². The second kappa shape index (κ2) is 15.9. The number of rotatable bonds is 6. The van der Waals surface area contributed by atoms with Gasteiger partial charge >= 0.3 is 0 Å². The summed E-state index contributed by atoms with van der Waals surface area (Å²) in [4.78, 5) is 19.5. The van der Waals surface area contributed by atoms with Crippen LogP contribution in [0, 0.1) is 5.92 Å². The molecule has 0 heterocycles. The smallest absolute Gasteiger partial charge is 0.290 e. The van der Waals surface area contributed by atoms with Crippen molar-refractivity contribution < 1.29 is 29.6 Å². The standard InChI is InChI=1S/C9H16O.C7H16O3.CH2O2/c1-2-9(10)8-6-4-3-5-7-8;1-4-6(10-3)7(9)5(2)8;2-1-3/h8H,2-7H2,1H3;5-9H,4H2,1-3H3;1H,(H,2,3). The summed E-state index contributed by atoms with van der Waals surface area (Å²) in [6.07, 6.45) is 5.92. The van der Waals surface area contributed by atoms with Crippen LogP contribution in [0.1, 0.15) is 65.7 Å². The third-order valence-corrected chi connectivity index (χ3v) is 3.99. The number of hydrogen-bond acceptors (Lipinski definition) is 5. The third kappa shape index (κ3) is 12.1. The normalized spacial score (nSPS) is 18.3. The van der Waals surface area contributed by atoms with Gasteiger partial charge in [0.2, 0.25) is 0 Å². The molecule has 0 radical (unpaired) electrons. The maximum absolute atomic E-state index is 11.2. The molecule has 6 heteroatoms. The maximum Gasteiger partial charge on any atom is 0.290 e. The van der Waals surface area contributed by atoms with Crippen molar-refractivity contribution in [2.24, 2.45) is 5.92 Å². The fraction of sp³-hybridized carbons (Fsp3) is 0.882. The van der Waals surface area contributed by atoms with E-state index in [4.69, 9.17) is 19.7 Å². The molecule has 0 saturated heterocycles. The zero-order valence-corrected chi connectivity index (χ0v) is 14.9. The highest BCUT2D eigenvalue weighted by atomic mass is 16.5. The van der Waals surface area contributed by atoms with Gasteiger partial charge in [-0.3, -0.25) is 9.59 Å². The molecule has 1 rings (SSSR count). The lowest BCUT2D eigenvalue weighted by Gasteiger charge is -2.21. The average molecular weight is 334 g/mol. The Balaban J connectivity index is 0. The lowest BCUT2D eigenvalue weighted by Crippen LogP contribution is -2.36. The number of methoxy groups -OCH3 is 1. The van der Waals surface area contributed by atoms with Gasteiger partial charge < -0.3 is 20.1 Å². The van der Waals surface area contributed by atoms with E-state index in [-0.39, 0.29) is 12.6 Å². The number of carboxylic acid groups (broad SMARTS) is 1. The highest BCUT2D eigenvalue weighted by molar-refractivity contribution is 5.80. The second-order valence-electron chi connectivity index (χ2n) is 5.67. The predicted molar refractivity (Wildman–Crippen MR) is 89.3 cm³/mol. The fourth-order valence-corrected chi connectivity index (χ4v) is 2.57. The van der Waals surface area contributed by atoms with E-state index in [0.29, 0.717) is 18.1 Å². The Kier molecular flexibility index (Phi) is 16.8. The molecule has 0 aliphatic heterocycles. The Morgan fingerprint density at radius 3 is 1.96 bits per heavy atom. The minimum atomic E-state index is -0.769. The van der Waals surface area contributed by atoms with E-state index in [1.54, 1.807) is 6.92 Å². The zero-order chi connectivity index (χ0) is 18.3. The molecule has 3 atom stereocenters. The van der Waals surface area contributed by atoms with Gasteiger partial charge in [-0.05, 0) is 26.2 Å². The largest absolute Gasteiger partial charge is 0.483 e. The highest BCUT2D eigenvalue weighted by Crippen LogP contribution is 2.24. The number of carbonyl (C=O) groups is 2. The molecular weight excluding hydrogens is 300 g/mol. The van der Waals surface area contributed by atoms with Crippen LogP contribution in [0.4, 0.5) is 0 Å². The molecule has 6 nitrogen and oxygen atoms in total. The van der Waals surface area contributed by atoms with Gasteiger partial charge in [-0.1, -0.05) is 33.1 Å². The van der Waals surface area contributed by atoms with Gasteiger partial charge in [-0.25, -0.2) is 0 Å². The number of ether oxygens (including phenoxy) is 1. The van der Waals surface area contributed by atoms with Crippen molar-refractivity contribution in [1.29, 1.82) is 0 Å². The van der Waals surface area contributed by atoms with Gasteiger partial charge in [-0.2, -0.15) is 0 Å². The summed E-state index contributed by atoms with van der Waals surface area (Å²) in [6.45, 7) is 5.17. The van der Waals surface area contributed by atoms with E-state index < -0.39 is 12.2 Å².